The Morgan fingerprint density at radius 3 is 2.36 bits per heavy atom. The van der Waals surface area contributed by atoms with Crippen LogP contribution in [0.2, 0.25) is 10.0 Å². The molecule has 0 atom stereocenters. The summed E-state index contributed by atoms with van der Waals surface area (Å²) < 4.78 is 11.2. The van der Waals surface area contributed by atoms with Gasteiger partial charge in [-0.1, -0.05) is 29.3 Å². The predicted octanol–water partition coefficient (Wildman–Crippen LogP) is 5.28. The predicted molar refractivity (Wildman–Crippen MR) is 108 cm³/mol. The minimum absolute atomic E-state index is 0.474. The fraction of sp³-hybridized carbons (Fsp3) is 0.278. The van der Waals surface area contributed by atoms with Gasteiger partial charge in [-0.15, -0.1) is 0 Å². The Morgan fingerprint density at radius 2 is 1.68 bits per heavy atom. The third-order valence-electron chi connectivity index (χ3n) is 3.24. The highest BCUT2D eigenvalue weighted by molar-refractivity contribution is 7.80. The summed E-state index contributed by atoms with van der Waals surface area (Å²) in [6, 6.07) is 11.1. The Balaban J connectivity index is 1.96. The molecule has 0 aliphatic rings. The van der Waals surface area contributed by atoms with E-state index in [1.165, 1.54) is 0 Å². The summed E-state index contributed by atoms with van der Waals surface area (Å²) in [7, 11) is 0. The molecule has 25 heavy (non-hydrogen) atoms. The largest absolute Gasteiger partial charge is 0.490 e. The van der Waals surface area contributed by atoms with Crippen LogP contribution in [0.3, 0.4) is 0 Å². The number of benzene rings is 2. The highest BCUT2D eigenvalue weighted by Crippen LogP contribution is 2.28. The highest BCUT2D eigenvalue weighted by atomic mass is 35.5. The molecular formula is C18H20Cl2N2O2S. The molecule has 0 aliphatic carbocycles. The van der Waals surface area contributed by atoms with Crippen molar-refractivity contribution in [1.82, 2.24) is 5.32 Å². The lowest BCUT2D eigenvalue weighted by atomic mass is 10.2. The van der Waals surface area contributed by atoms with Gasteiger partial charge < -0.3 is 20.1 Å². The molecule has 0 aliphatic heterocycles. The summed E-state index contributed by atoms with van der Waals surface area (Å²) in [6.07, 6.45) is 0. The highest BCUT2D eigenvalue weighted by Gasteiger charge is 2.07. The van der Waals surface area contributed by atoms with Crippen LogP contribution in [-0.2, 0) is 6.54 Å². The summed E-state index contributed by atoms with van der Waals surface area (Å²) in [6.45, 7) is 5.61. The van der Waals surface area contributed by atoms with Gasteiger partial charge in [-0.2, -0.15) is 0 Å². The molecule has 7 heteroatoms. The Morgan fingerprint density at radius 1 is 0.960 bits per heavy atom. The van der Waals surface area contributed by atoms with Crippen molar-refractivity contribution in [1.29, 1.82) is 0 Å². The van der Waals surface area contributed by atoms with Gasteiger partial charge in [0.05, 0.1) is 23.3 Å². The zero-order chi connectivity index (χ0) is 18.2. The lowest BCUT2D eigenvalue weighted by molar-refractivity contribution is 0.287. The molecule has 2 aromatic carbocycles. The molecule has 0 amide bonds. The van der Waals surface area contributed by atoms with Crippen LogP contribution in [0.15, 0.2) is 36.4 Å². The van der Waals surface area contributed by atoms with Gasteiger partial charge in [0.2, 0.25) is 0 Å². The second kappa shape index (κ2) is 9.70. The molecular weight excluding hydrogens is 379 g/mol. The average Bonchev–Trinajstić information content (AvgIpc) is 2.59. The summed E-state index contributed by atoms with van der Waals surface area (Å²) in [5, 5.41) is 7.69. The number of hydrogen-bond acceptors (Lipinski definition) is 3. The molecule has 0 fully saturated rings. The molecule has 0 heterocycles. The van der Waals surface area contributed by atoms with Crippen LogP contribution in [0.4, 0.5) is 5.69 Å². The van der Waals surface area contributed by atoms with Crippen molar-refractivity contribution >= 4 is 46.2 Å². The molecule has 0 bridgehead atoms. The average molecular weight is 399 g/mol. The lowest BCUT2D eigenvalue weighted by Crippen LogP contribution is -2.27. The van der Waals surface area contributed by atoms with Crippen LogP contribution in [0.5, 0.6) is 11.5 Å². The van der Waals surface area contributed by atoms with Crippen LogP contribution in [0, 0.1) is 0 Å². The van der Waals surface area contributed by atoms with E-state index in [9.17, 15) is 0 Å². The van der Waals surface area contributed by atoms with Crippen molar-refractivity contribution in [2.45, 2.75) is 20.4 Å². The normalized spacial score (nSPS) is 10.2. The molecule has 0 unspecified atom stereocenters. The van der Waals surface area contributed by atoms with Crippen LogP contribution in [-0.4, -0.2) is 18.3 Å². The molecule has 4 nitrogen and oxygen atoms in total. The van der Waals surface area contributed by atoms with Crippen LogP contribution in [0.25, 0.3) is 0 Å². The number of hydrogen-bond donors (Lipinski definition) is 2. The van der Waals surface area contributed by atoms with E-state index in [0.717, 1.165) is 22.7 Å². The lowest BCUT2D eigenvalue weighted by Gasteiger charge is -2.14. The first-order chi connectivity index (χ1) is 12.0. The molecule has 2 rings (SSSR count). The zero-order valence-electron chi connectivity index (χ0n) is 14.1. The molecule has 134 valence electrons. The van der Waals surface area contributed by atoms with Gasteiger partial charge in [0.1, 0.15) is 0 Å². The number of thiocarbonyl (C=S) groups is 1. The van der Waals surface area contributed by atoms with E-state index in [0.29, 0.717) is 34.9 Å². The van der Waals surface area contributed by atoms with Crippen molar-refractivity contribution < 1.29 is 9.47 Å². The van der Waals surface area contributed by atoms with Gasteiger partial charge in [0.15, 0.2) is 16.6 Å². The first-order valence-corrected chi connectivity index (χ1v) is 9.08. The quantitative estimate of drug-likeness (QED) is 0.621. The minimum Gasteiger partial charge on any atom is -0.490 e. The van der Waals surface area contributed by atoms with Gasteiger partial charge in [-0.3, -0.25) is 0 Å². The van der Waals surface area contributed by atoms with E-state index in [-0.39, 0.29) is 0 Å². The van der Waals surface area contributed by atoms with Gasteiger partial charge in [0, 0.05) is 12.2 Å². The summed E-state index contributed by atoms with van der Waals surface area (Å²) in [5.74, 6) is 1.47. The monoisotopic (exact) mass is 398 g/mol. The molecule has 0 aromatic heterocycles. The van der Waals surface area contributed by atoms with Crippen molar-refractivity contribution in [3.05, 3.63) is 52.0 Å². The summed E-state index contributed by atoms with van der Waals surface area (Å²) in [5.41, 5.74) is 1.80. The van der Waals surface area contributed by atoms with Crippen molar-refractivity contribution in [3.63, 3.8) is 0 Å². The summed E-state index contributed by atoms with van der Waals surface area (Å²) >= 11 is 17.2. The Kier molecular flexibility index (Phi) is 7.62. The number of nitrogens with one attached hydrogen (secondary N) is 2. The number of halogens is 2. The van der Waals surface area contributed by atoms with Gasteiger partial charge >= 0.3 is 0 Å². The first kappa shape index (κ1) is 19.6. The topological polar surface area (TPSA) is 42.5 Å². The van der Waals surface area contributed by atoms with E-state index in [1.54, 1.807) is 12.1 Å². The van der Waals surface area contributed by atoms with Gasteiger partial charge in [0.25, 0.3) is 0 Å². The van der Waals surface area contributed by atoms with Crippen molar-refractivity contribution in [2.24, 2.45) is 0 Å². The molecule has 2 N–H and O–H groups in total. The van der Waals surface area contributed by atoms with E-state index in [4.69, 9.17) is 44.9 Å². The molecule has 0 radical (unpaired) electrons. The van der Waals surface area contributed by atoms with Crippen LogP contribution in [0.1, 0.15) is 19.4 Å². The number of anilines is 1. The zero-order valence-corrected chi connectivity index (χ0v) is 16.4. The number of rotatable bonds is 7. The smallest absolute Gasteiger partial charge is 0.171 e. The molecule has 0 spiro atoms. The maximum absolute atomic E-state index is 6.00. The standard InChI is InChI=1S/C18H20Cl2N2O2S/c1-3-23-16-8-5-12(9-17(16)24-4-2)11-21-18(25)22-13-6-7-14(19)15(20)10-13/h5-10H,3-4,11H2,1-2H3,(H2,21,22,25). The van der Waals surface area contributed by atoms with E-state index in [1.807, 2.05) is 38.1 Å². The fourth-order valence-corrected chi connectivity index (χ4v) is 2.63. The molecule has 0 saturated carbocycles. The molecule has 0 saturated heterocycles. The summed E-state index contributed by atoms with van der Waals surface area (Å²) in [4.78, 5) is 0. The Labute approximate surface area is 163 Å². The van der Waals surface area contributed by atoms with Gasteiger partial charge in [-0.05, 0) is 62.0 Å². The Bertz CT molecular complexity index is 741. The van der Waals surface area contributed by atoms with E-state index >= 15 is 0 Å². The van der Waals surface area contributed by atoms with Crippen LogP contribution < -0.4 is 20.1 Å². The van der Waals surface area contributed by atoms with Crippen LogP contribution >= 0.6 is 35.4 Å². The second-order valence-electron chi connectivity index (χ2n) is 5.08. The SMILES string of the molecule is CCOc1ccc(CNC(=S)Nc2ccc(Cl)c(Cl)c2)cc1OCC. The fourth-order valence-electron chi connectivity index (χ4n) is 2.14. The third kappa shape index (κ3) is 5.96. The van der Waals surface area contributed by atoms with E-state index < -0.39 is 0 Å². The third-order valence-corrected chi connectivity index (χ3v) is 4.22. The second-order valence-corrected chi connectivity index (χ2v) is 6.31. The van der Waals surface area contributed by atoms with E-state index in [2.05, 4.69) is 10.6 Å². The van der Waals surface area contributed by atoms with Gasteiger partial charge in [-0.25, -0.2) is 0 Å². The van der Waals surface area contributed by atoms with Crippen molar-refractivity contribution in [2.75, 3.05) is 18.5 Å². The van der Waals surface area contributed by atoms with Crippen molar-refractivity contribution in [3.8, 4) is 11.5 Å². The first-order valence-electron chi connectivity index (χ1n) is 7.92. The maximum atomic E-state index is 6.00. The maximum Gasteiger partial charge on any atom is 0.171 e. The minimum atomic E-state index is 0.474. The number of ether oxygens (including phenoxy) is 2. The molecule has 2 aromatic rings. The Hall–Kier alpha value is -1.69.